The van der Waals surface area contributed by atoms with Crippen molar-refractivity contribution in [2.75, 3.05) is 6.61 Å². The molecule has 1 heterocycles. The van der Waals surface area contributed by atoms with E-state index >= 15 is 0 Å². The highest BCUT2D eigenvalue weighted by molar-refractivity contribution is 6.31. The Labute approximate surface area is 199 Å². The average molecular weight is 462 g/mol. The Morgan fingerprint density at radius 3 is 2.70 bits per heavy atom. The van der Waals surface area contributed by atoms with E-state index in [4.69, 9.17) is 21.3 Å². The van der Waals surface area contributed by atoms with Crippen LogP contribution in [-0.2, 0) is 6.54 Å². The lowest BCUT2D eigenvalue weighted by Crippen LogP contribution is -2.29. The molecule has 0 aliphatic heterocycles. The Morgan fingerprint density at radius 2 is 1.91 bits per heavy atom. The van der Waals surface area contributed by atoms with Gasteiger partial charge in [0.1, 0.15) is 11.6 Å². The summed E-state index contributed by atoms with van der Waals surface area (Å²) >= 11 is 6.10. The largest absolute Gasteiger partial charge is 0.494 e. The van der Waals surface area contributed by atoms with Crippen LogP contribution in [0.15, 0.2) is 66.7 Å². The Balaban J connectivity index is 1.47. The van der Waals surface area contributed by atoms with Gasteiger partial charge in [-0.25, -0.2) is 4.98 Å². The summed E-state index contributed by atoms with van der Waals surface area (Å²) < 4.78 is 8.10. The maximum Gasteiger partial charge on any atom is 0.251 e. The smallest absolute Gasteiger partial charge is 0.251 e. The molecule has 0 saturated heterocycles. The number of nitrogens with one attached hydrogen (secondary N) is 1. The average Bonchev–Trinajstić information content (AvgIpc) is 3.18. The minimum atomic E-state index is -0.245. The van der Waals surface area contributed by atoms with Crippen LogP contribution in [0.3, 0.4) is 0 Å². The molecule has 170 valence electrons. The minimum Gasteiger partial charge on any atom is -0.494 e. The number of nitrogens with zero attached hydrogens (tertiary/aromatic N) is 2. The zero-order valence-electron chi connectivity index (χ0n) is 19.1. The van der Waals surface area contributed by atoms with Crippen molar-refractivity contribution in [3.05, 3.63) is 94.3 Å². The highest BCUT2D eigenvalue weighted by atomic mass is 35.5. The predicted molar refractivity (Wildman–Crippen MR) is 133 cm³/mol. The summed E-state index contributed by atoms with van der Waals surface area (Å²) in [5.41, 5.74) is 4.66. The lowest BCUT2D eigenvalue weighted by Gasteiger charge is -2.17. The third kappa shape index (κ3) is 5.37. The number of halogens is 1. The zero-order chi connectivity index (χ0) is 23.4. The first-order valence-electron chi connectivity index (χ1n) is 11.1. The number of carbonyl (C=O) groups is 1. The van der Waals surface area contributed by atoms with Crippen LogP contribution in [0.2, 0.25) is 5.02 Å². The van der Waals surface area contributed by atoms with E-state index in [1.807, 2.05) is 81.4 Å². The van der Waals surface area contributed by atoms with Gasteiger partial charge in [-0.15, -0.1) is 0 Å². The van der Waals surface area contributed by atoms with Crippen molar-refractivity contribution in [2.45, 2.75) is 39.8 Å². The molecule has 0 spiro atoms. The molecule has 4 rings (SSSR count). The van der Waals surface area contributed by atoms with E-state index < -0.39 is 0 Å². The molecular formula is C27H28ClN3O2. The van der Waals surface area contributed by atoms with Gasteiger partial charge in [0, 0.05) is 17.1 Å². The first-order valence-corrected chi connectivity index (χ1v) is 11.5. The van der Waals surface area contributed by atoms with E-state index in [-0.39, 0.29) is 11.9 Å². The molecule has 0 aliphatic carbocycles. The van der Waals surface area contributed by atoms with Crippen molar-refractivity contribution in [1.29, 1.82) is 0 Å². The number of rotatable bonds is 8. The number of aryl methyl sites for hydroxylation is 3. The molecule has 0 bridgehead atoms. The number of fused-ring (bicyclic) bond motifs is 1. The summed E-state index contributed by atoms with van der Waals surface area (Å²) in [7, 11) is 0. The first-order chi connectivity index (χ1) is 15.9. The number of amides is 1. The SMILES string of the molecule is Cc1cccc(C(=O)NC(C)c2nc3ccccc3n2CCCOc2ccc(Cl)c(C)c2)c1. The number of aromatic nitrogens is 2. The van der Waals surface area contributed by atoms with Crippen molar-refractivity contribution in [3.63, 3.8) is 0 Å². The van der Waals surface area contributed by atoms with Gasteiger partial charge in [0.05, 0.1) is 23.7 Å². The molecule has 0 fully saturated rings. The van der Waals surface area contributed by atoms with Gasteiger partial charge in [-0.2, -0.15) is 0 Å². The second-order valence-electron chi connectivity index (χ2n) is 8.29. The molecular weight excluding hydrogens is 434 g/mol. The van der Waals surface area contributed by atoms with Gasteiger partial charge >= 0.3 is 0 Å². The Morgan fingerprint density at radius 1 is 1.09 bits per heavy atom. The fourth-order valence-electron chi connectivity index (χ4n) is 3.91. The number of benzene rings is 3. The molecule has 1 atom stereocenters. The zero-order valence-corrected chi connectivity index (χ0v) is 19.9. The highest BCUT2D eigenvalue weighted by Crippen LogP contribution is 2.23. The Bertz CT molecular complexity index is 1280. The van der Waals surface area contributed by atoms with Crippen LogP contribution >= 0.6 is 11.6 Å². The maximum atomic E-state index is 12.8. The van der Waals surface area contributed by atoms with Crippen molar-refractivity contribution in [3.8, 4) is 5.75 Å². The molecule has 5 nitrogen and oxygen atoms in total. The fraction of sp³-hybridized carbons (Fsp3) is 0.259. The molecule has 33 heavy (non-hydrogen) atoms. The van der Waals surface area contributed by atoms with Crippen LogP contribution in [0.1, 0.15) is 46.7 Å². The van der Waals surface area contributed by atoms with Gasteiger partial charge in [-0.3, -0.25) is 4.79 Å². The van der Waals surface area contributed by atoms with Gasteiger partial charge in [0.15, 0.2) is 0 Å². The first kappa shape index (κ1) is 22.9. The predicted octanol–water partition coefficient (Wildman–Crippen LogP) is 6.27. The number of hydrogen-bond donors (Lipinski definition) is 1. The monoisotopic (exact) mass is 461 g/mol. The lowest BCUT2D eigenvalue weighted by atomic mass is 10.1. The Kier molecular flexibility index (Phi) is 6.99. The van der Waals surface area contributed by atoms with Gasteiger partial charge in [0.2, 0.25) is 0 Å². The maximum absolute atomic E-state index is 12.8. The number of para-hydroxylation sites is 2. The van der Waals surface area contributed by atoms with Crippen LogP contribution in [0.5, 0.6) is 5.75 Å². The molecule has 0 saturated carbocycles. The number of ether oxygens (including phenoxy) is 1. The summed E-state index contributed by atoms with van der Waals surface area (Å²) in [5, 5.41) is 3.84. The molecule has 0 aliphatic rings. The van der Waals surface area contributed by atoms with Gasteiger partial charge < -0.3 is 14.6 Å². The standard InChI is InChI=1S/C27H28ClN3O2/c1-18-8-6-9-21(16-18)27(32)29-20(3)26-30-24-10-4-5-11-25(24)31(26)14-7-15-33-22-12-13-23(28)19(2)17-22/h4-6,8-13,16-17,20H,7,14-15H2,1-3H3,(H,29,32). The molecule has 0 radical (unpaired) electrons. The lowest BCUT2D eigenvalue weighted by molar-refractivity contribution is 0.0937. The highest BCUT2D eigenvalue weighted by Gasteiger charge is 2.19. The Hall–Kier alpha value is -3.31. The van der Waals surface area contributed by atoms with Crippen LogP contribution in [0.4, 0.5) is 0 Å². The summed E-state index contributed by atoms with van der Waals surface area (Å²) in [6.45, 7) is 7.21. The van der Waals surface area contributed by atoms with Crippen molar-refractivity contribution >= 4 is 28.5 Å². The van der Waals surface area contributed by atoms with E-state index in [0.29, 0.717) is 12.2 Å². The van der Waals surface area contributed by atoms with Crippen LogP contribution < -0.4 is 10.1 Å². The molecule has 1 amide bonds. The summed E-state index contributed by atoms with van der Waals surface area (Å²) in [4.78, 5) is 17.6. The quantitative estimate of drug-likeness (QED) is 0.315. The van der Waals surface area contributed by atoms with Crippen LogP contribution in [0, 0.1) is 13.8 Å². The summed E-state index contributed by atoms with van der Waals surface area (Å²) in [6.07, 6.45) is 0.799. The van der Waals surface area contributed by atoms with Gasteiger partial charge in [-0.05, 0) is 75.2 Å². The fourth-order valence-corrected chi connectivity index (χ4v) is 4.03. The molecule has 6 heteroatoms. The molecule has 1 aromatic heterocycles. The van der Waals surface area contributed by atoms with Crippen molar-refractivity contribution in [1.82, 2.24) is 14.9 Å². The second-order valence-corrected chi connectivity index (χ2v) is 8.70. The molecule has 3 aromatic carbocycles. The third-order valence-corrected chi connectivity index (χ3v) is 6.05. The normalized spacial score (nSPS) is 12.0. The third-order valence-electron chi connectivity index (χ3n) is 5.62. The second kappa shape index (κ2) is 10.1. The minimum absolute atomic E-state index is 0.105. The topological polar surface area (TPSA) is 56.2 Å². The van der Waals surface area contributed by atoms with Crippen molar-refractivity contribution in [2.24, 2.45) is 0 Å². The molecule has 4 aromatic rings. The molecule has 1 unspecified atom stereocenters. The van der Waals surface area contributed by atoms with Crippen LogP contribution in [-0.4, -0.2) is 22.1 Å². The van der Waals surface area contributed by atoms with Gasteiger partial charge in [-0.1, -0.05) is 41.4 Å². The number of hydrogen-bond acceptors (Lipinski definition) is 3. The van der Waals surface area contributed by atoms with Crippen molar-refractivity contribution < 1.29 is 9.53 Å². The summed E-state index contributed by atoms with van der Waals surface area (Å²) in [6, 6.07) is 21.1. The van der Waals surface area contributed by atoms with Gasteiger partial charge in [0.25, 0.3) is 5.91 Å². The van der Waals surface area contributed by atoms with E-state index in [2.05, 4.69) is 16.0 Å². The molecule has 1 N–H and O–H groups in total. The van der Waals surface area contributed by atoms with Crippen LogP contribution in [0.25, 0.3) is 11.0 Å². The van der Waals surface area contributed by atoms with E-state index in [9.17, 15) is 4.79 Å². The van der Waals surface area contributed by atoms with E-state index in [1.165, 1.54) is 0 Å². The van der Waals surface area contributed by atoms with E-state index in [1.54, 1.807) is 0 Å². The number of imidazole rings is 1. The number of carbonyl (C=O) groups excluding carboxylic acids is 1. The summed E-state index contributed by atoms with van der Waals surface area (Å²) in [5.74, 6) is 1.54. The van der Waals surface area contributed by atoms with E-state index in [0.717, 1.165) is 51.7 Å².